The van der Waals surface area contributed by atoms with Crippen LogP contribution in [0.4, 0.5) is 21.9 Å². The van der Waals surface area contributed by atoms with E-state index in [1.54, 1.807) is 13.0 Å². The smallest absolute Gasteiger partial charge is 0.335 e. The Hall–Kier alpha value is -4.13. The Balaban J connectivity index is 2.15. The zero-order valence-electron chi connectivity index (χ0n) is 15.5. The fourth-order valence-corrected chi connectivity index (χ4v) is 3.04. The highest BCUT2D eigenvalue weighted by Gasteiger charge is 2.37. The van der Waals surface area contributed by atoms with Crippen molar-refractivity contribution < 1.29 is 29.3 Å². The van der Waals surface area contributed by atoms with Crippen molar-refractivity contribution in [1.29, 1.82) is 0 Å². The molecule has 0 aromatic heterocycles. The molecule has 0 unspecified atom stereocenters. The van der Waals surface area contributed by atoms with E-state index in [1.807, 2.05) is 5.32 Å². The molecule has 0 saturated carbocycles. The van der Waals surface area contributed by atoms with E-state index in [0.29, 0.717) is 21.0 Å². The minimum absolute atomic E-state index is 0.135. The number of carbonyl (C=O) groups is 3. The molecule has 1 fully saturated rings. The van der Waals surface area contributed by atoms with Crippen LogP contribution in [0.3, 0.4) is 0 Å². The largest absolute Gasteiger partial charge is 0.502 e. The van der Waals surface area contributed by atoms with E-state index in [9.17, 15) is 39.7 Å². The predicted molar refractivity (Wildman–Crippen MR) is 109 cm³/mol. The molecule has 0 aliphatic carbocycles. The second-order valence-corrected chi connectivity index (χ2v) is 7.16. The van der Waals surface area contributed by atoms with E-state index >= 15 is 0 Å². The van der Waals surface area contributed by atoms with Crippen LogP contribution >= 0.6 is 15.9 Å². The molecule has 4 amide bonds. The van der Waals surface area contributed by atoms with Crippen molar-refractivity contribution in [3.8, 4) is 5.75 Å². The second kappa shape index (κ2) is 7.95. The molecule has 0 atom stereocenters. The average Bonchev–Trinajstić information content (AvgIpc) is 2.68. The summed E-state index contributed by atoms with van der Waals surface area (Å²) in [6, 6.07) is 4.81. The van der Waals surface area contributed by atoms with Crippen LogP contribution in [-0.4, -0.2) is 32.8 Å². The molecule has 0 radical (unpaired) electrons. The topological polar surface area (TPSA) is 173 Å². The van der Waals surface area contributed by atoms with Gasteiger partial charge in [0, 0.05) is 16.1 Å². The summed E-state index contributed by atoms with van der Waals surface area (Å²) in [4.78, 5) is 58.3. The first-order chi connectivity index (χ1) is 14.5. The Morgan fingerprint density at radius 2 is 1.77 bits per heavy atom. The minimum atomic E-state index is -1.13. The maximum atomic E-state index is 12.9. The van der Waals surface area contributed by atoms with Gasteiger partial charge in [0.15, 0.2) is 0 Å². The molecule has 1 saturated heterocycles. The van der Waals surface area contributed by atoms with Crippen LogP contribution in [0.5, 0.6) is 5.75 Å². The fraction of sp³-hybridized carbons (Fsp3) is 0.0556. The van der Waals surface area contributed by atoms with Gasteiger partial charge in [-0.1, -0.05) is 15.9 Å². The first-order valence-corrected chi connectivity index (χ1v) is 9.14. The van der Waals surface area contributed by atoms with Crippen LogP contribution in [0.2, 0.25) is 0 Å². The van der Waals surface area contributed by atoms with E-state index in [4.69, 9.17) is 0 Å². The molecule has 158 valence electrons. The van der Waals surface area contributed by atoms with E-state index in [-0.39, 0.29) is 5.69 Å². The summed E-state index contributed by atoms with van der Waals surface area (Å²) in [5, 5.41) is 34.3. The summed E-state index contributed by atoms with van der Waals surface area (Å²) in [5.41, 5.74) is -2.08. The number of anilines is 1. The monoisotopic (exact) mass is 490 g/mol. The standard InChI is InChI=1S/C18H11BrN4O8/c1-8-4-10(2-3-13(8)19)21-17(26)12(16(25)20-18(21)27)6-9-5-11(22(28)29)7-14(15(9)24)23(30)31/h2-7,24H,1H3,(H,20,25,27)/b12-6+. The number of hydrogen-bond donors (Lipinski definition) is 2. The average molecular weight is 491 g/mol. The Labute approximate surface area is 181 Å². The summed E-state index contributed by atoms with van der Waals surface area (Å²) >= 11 is 3.29. The van der Waals surface area contributed by atoms with Crippen LogP contribution in [0.1, 0.15) is 11.1 Å². The number of nitro groups is 2. The van der Waals surface area contributed by atoms with Crippen LogP contribution in [0.15, 0.2) is 40.4 Å². The number of carbonyl (C=O) groups excluding carboxylic acids is 3. The highest BCUT2D eigenvalue weighted by Crippen LogP contribution is 2.36. The van der Waals surface area contributed by atoms with Crippen LogP contribution < -0.4 is 10.2 Å². The number of benzene rings is 2. The van der Waals surface area contributed by atoms with E-state index in [0.717, 1.165) is 12.1 Å². The van der Waals surface area contributed by atoms with Gasteiger partial charge >= 0.3 is 11.7 Å². The number of nitro benzene ring substituents is 2. The first-order valence-electron chi connectivity index (χ1n) is 8.34. The molecule has 1 aliphatic heterocycles. The molecule has 2 aromatic carbocycles. The van der Waals surface area contributed by atoms with Gasteiger partial charge in [0.25, 0.3) is 17.5 Å². The number of aryl methyl sites for hydroxylation is 1. The number of halogens is 1. The van der Waals surface area contributed by atoms with Gasteiger partial charge in [0.2, 0.25) is 5.75 Å². The molecule has 2 N–H and O–H groups in total. The van der Waals surface area contributed by atoms with Gasteiger partial charge in [-0.15, -0.1) is 0 Å². The highest BCUT2D eigenvalue weighted by atomic mass is 79.9. The van der Waals surface area contributed by atoms with Gasteiger partial charge in [-0.25, -0.2) is 9.69 Å². The molecule has 12 nitrogen and oxygen atoms in total. The normalized spacial score (nSPS) is 15.2. The lowest BCUT2D eigenvalue weighted by molar-refractivity contribution is -0.394. The summed E-state index contributed by atoms with van der Waals surface area (Å²) in [7, 11) is 0. The number of rotatable bonds is 4. The summed E-state index contributed by atoms with van der Waals surface area (Å²) < 4.78 is 0.710. The number of non-ortho nitro benzene ring substituents is 1. The van der Waals surface area contributed by atoms with Crippen molar-refractivity contribution in [3.05, 3.63) is 71.7 Å². The zero-order chi connectivity index (χ0) is 23.0. The number of barbiturate groups is 1. The lowest BCUT2D eigenvalue weighted by Crippen LogP contribution is -2.54. The minimum Gasteiger partial charge on any atom is -0.502 e. The van der Waals surface area contributed by atoms with E-state index < -0.39 is 56.0 Å². The number of urea groups is 1. The third kappa shape index (κ3) is 3.98. The van der Waals surface area contributed by atoms with Crippen LogP contribution in [0.25, 0.3) is 6.08 Å². The number of nitrogens with zero attached hydrogens (tertiary/aromatic N) is 3. The van der Waals surface area contributed by atoms with Crippen molar-refractivity contribution in [2.24, 2.45) is 0 Å². The van der Waals surface area contributed by atoms with Gasteiger partial charge in [0.1, 0.15) is 5.57 Å². The maximum Gasteiger partial charge on any atom is 0.335 e. The summed E-state index contributed by atoms with van der Waals surface area (Å²) in [6.07, 6.45) is 0.748. The summed E-state index contributed by atoms with van der Waals surface area (Å²) in [5.74, 6) is -3.19. The second-order valence-electron chi connectivity index (χ2n) is 6.31. The number of amides is 4. The van der Waals surface area contributed by atoms with Crippen LogP contribution in [-0.2, 0) is 9.59 Å². The lowest BCUT2D eigenvalue weighted by atomic mass is 10.0. The van der Waals surface area contributed by atoms with Crippen molar-refractivity contribution in [2.45, 2.75) is 6.92 Å². The molecule has 31 heavy (non-hydrogen) atoms. The number of imide groups is 2. The van der Waals surface area contributed by atoms with Crippen molar-refractivity contribution >= 4 is 56.9 Å². The molecule has 3 rings (SSSR count). The molecule has 1 aliphatic rings. The fourth-order valence-electron chi connectivity index (χ4n) is 2.80. The predicted octanol–water partition coefficient (Wildman–Crippen LogP) is 2.95. The van der Waals surface area contributed by atoms with Gasteiger partial charge in [-0.3, -0.25) is 35.1 Å². The summed E-state index contributed by atoms with van der Waals surface area (Å²) in [6.45, 7) is 1.71. The quantitative estimate of drug-likeness (QED) is 0.284. The Bertz CT molecular complexity index is 1220. The molecular weight excluding hydrogens is 480 g/mol. The number of hydrogen-bond acceptors (Lipinski definition) is 8. The molecule has 2 aromatic rings. The number of aromatic hydroxyl groups is 1. The Morgan fingerprint density at radius 3 is 2.35 bits per heavy atom. The number of phenols is 1. The molecule has 0 spiro atoms. The van der Waals surface area contributed by atoms with Crippen molar-refractivity contribution in [1.82, 2.24) is 5.32 Å². The van der Waals surface area contributed by atoms with Crippen molar-refractivity contribution in [3.63, 3.8) is 0 Å². The number of nitrogens with one attached hydrogen (secondary N) is 1. The maximum absolute atomic E-state index is 12.9. The molecular formula is C18H11BrN4O8. The third-order valence-electron chi connectivity index (χ3n) is 4.31. The van der Waals surface area contributed by atoms with Gasteiger partial charge in [0.05, 0.1) is 21.6 Å². The first kappa shape index (κ1) is 21.6. The lowest BCUT2D eigenvalue weighted by Gasteiger charge is -2.26. The third-order valence-corrected chi connectivity index (χ3v) is 5.20. The van der Waals surface area contributed by atoms with Gasteiger partial charge in [-0.05, 0) is 36.8 Å². The molecule has 13 heteroatoms. The van der Waals surface area contributed by atoms with Gasteiger partial charge < -0.3 is 5.11 Å². The van der Waals surface area contributed by atoms with Crippen LogP contribution in [0, 0.1) is 27.2 Å². The highest BCUT2D eigenvalue weighted by molar-refractivity contribution is 9.10. The zero-order valence-corrected chi connectivity index (χ0v) is 17.1. The van der Waals surface area contributed by atoms with E-state index in [2.05, 4.69) is 15.9 Å². The SMILES string of the molecule is Cc1cc(N2C(=O)NC(=O)/C(=C\c3cc([N+](=O)[O-])cc([N+](=O)[O-])c3O)C2=O)ccc1Br. The number of phenolic OH excluding ortho intramolecular Hbond substituents is 1. The molecule has 0 bridgehead atoms. The molecule has 1 heterocycles. The Kier molecular flexibility index (Phi) is 5.53. The van der Waals surface area contributed by atoms with Crippen molar-refractivity contribution in [2.75, 3.05) is 4.90 Å². The Morgan fingerprint density at radius 1 is 1.10 bits per heavy atom. The van der Waals surface area contributed by atoms with E-state index in [1.165, 1.54) is 12.1 Å². The van der Waals surface area contributed by atoms with Gasteiger partial charge in [-0.2, -0.15) is 0 Å².